The second-order valence-corrected chi connectivity index (χ2v) is 18.6. The van der Waals surface area contributed by atoms with Crippen LogP contribution in [0.25, 0.3) is 0 Å². The van der Waals surface area contributed by atoms with Gasteiger partial charge in [0.25, 0.3) is 0 Å². The molecule has 1 N–H and O–H groups in total. The Hall–Kier alpha value is -2.36. The van der Waals surface area contributed by atoms with Crippen LogP contribution in [0.4, 0.5) is 0 Å². The molecule has 9 heteroatoms. The zero-order chi connectivity index (χ0) is 33.7. The number of Topliss-reactive ketones (excluding diaryl/α,β-unsaturated/α-hetero) is 1. The number of amides is 2. The van der Waals surface area contributed by atoms with E-state index < -0.39 is 20.3 Å². The molecule has 0 aromatic carbocycles. The predicted molar refractivity (Wildman–Crippen MR) is 178 cm³/mol. The summed E-state index contributed by atoms with van der Waals surface area (Å²) in [6.07, 6.45) is 8.93. The van der Waals surface area contributed by atoms with E-state index >= 15 is 0 Å². The minimum Gasteiger partial charge on any atom is -0.457 e. The van der Waals surface area contributed by atoms with Crippen LogP contribution in [0, 0.1) is 17.8 Å². The van der Waals surface area contributed by atoms with Gasteiger partial charge in [-0.25, -0.2) is 0 Å². The number of hydrogen-bond donors (Lipinski definition) is 1. The maximum absolute atomic E-state index is 13.4. The van der Waals surface area contributed by atoms with Crippen molar-refractivity contribution in [2.45, 2.75) is 136 Å². The molecule has 1 rings (SSSR count). The number of carbonyl (C=O) groups excluding carboxylic acids is 4. The number of unbranched alkanes of at least 4 members (excludes halogenated alkanes) is 2. The van der Waals surface area contributed by atoms with Gasteiger partial charge in [-0.3, -0.25) is 24.5 Å². The molecule has 1 unspecified atom stereocenters. The molecule has 5 atom stereocenters. The number of allylic oxidation sites excluding steroid dienone is 1. The van der Waals surface area contributed by atoms with Crippen molar-refractivity contribution >= 4 is 31.9 Å². The van der Waals surface area contributed by atoms with Crippen LogP contribution in [0.15, 0.2) is 37.0 Å². The summed E-state index contributed by atoms with van der Waals surface area (Å²) in [4.78, 5) is 49.8. The Morgan fingerprint density at radius 3 is 2.18 bits per heavy atom. The summed E-state index contributed by atoms with van der Waals surface area (Å²) in [7, 11) is -0.536. The molecule has 0 spiro atoms. The zero-order valence-corrected chi connectivity index (χ0v) is 29.8. The van der Waals surface area contributed by atoms with E-state index in [0.29, 0.717) is 32.1 Å². The summed E-state index contributed by atoms with van der Waals surface area (Å²) in [5.74, 6) is -1.62. The number of nitrogens with one attached hydrogen (secondary N) is 1. The van der Waals surface area contributed by atoms with Crippen LogP contribution < -0.4 is 5.32 Å². The second kappa shape index (κ2) is 18.6. The first-order chi connectivity index (χ1) is 20.5. The van der Waals surface area contributed by atoms with Gasteiger partial charge in [-0.05, 0) is 68.7 Å². The van der Waals surface area contributed by atoms with Crippen LogP contribution in [0.3, 0.4) is 0 Å². The van der Waals surface area contributed by atoms with E-state index in [9.17, 15) is 19.2 Å². The number of ether oxygens (including phenoxy) is 2. The third-order valence-electron chi connectivity index (χ3n) is 9.08. The van der Waals surface area contributed by atoms with Gasteiger partial charge in [0.05, 0.1) is 12.0 Å². The Kier molecular flexibility index (Phi) is 16.7. The third kappa shape index (κ3) is 12.9. The molecule has 44 heavy (non-hydrogen) atoms. The van der Waals surface area contributed by atoms with Crippen LogP contribution >= 0.6 is 0 Å². The summed E-state index contributed by atoms with van der Waals surface area (Å²) in [5.41, 5.74) is 0.787. The van der Waals surface area contributed by atoms with Crippen LogP contribution in [0.5, 0.6) is 0 Å². The lowest BCUT2D eigenvalue weighted by Gasteiger charge is -2.42. The molecular weight excluding hydrogens is 574 g/mol. The van der Waals surface area contributed by atoms with Crippen molar-refractivity contribution in [2.24, 2.45) is 17.8 Å². The van der Waals surface area contributed by atoms with Gasteiger partial charge in [0.2, 0.25) is 11.8 Å². The number of carbonyl (C=O) groups is 4. The predicted octanol–water partition coefficient (Wildman–Crippen LogP) is 7.25. The van der Waals surface area contributed by atoms with Crippen LogP contribution in [0.2, 0.25) is 18.1 Å². The van der Waals surface area contributed by atoms with Crippen molar-refractivity contribution in [2.75, 3.05) is 7.11 Å². The van der Waals surface area contributed by atoms with Crippen LogP contribution in [-0.4, -0.2) is 57.3 Å². The Bertz CT molecular complexity index is 1010. The fraction of sp³-hybridized carbons (Fsp3) is 0.714. The van der Waals surface area contributed by atoms with Crippen molar-refractivity contribution in [1.82, 2.24) is 5.32 Å². The van der Waals surface area contributed by atoms with E-state index in [1.54, 1.807) is 13.2 Å². The first kappa shape index (κ1) is 39.7. The monoisotopic (exact) mass is 633 g/mol. The van der Waals surface area contributed by atoms with Crippen molar-refractivity contribution < 1.29 is 33.1 Å². The van der Waals surface area contributed by atoms with Crippen molar-refractivity contribution in [3.63, 3.8) is 0 Å². The molecular formula is C35H59NO7Si. The highest BCUT2D eigenvalue weighted by Gasteiger charge is 2.42. The molecule has 1 saturated heterocycles. The summed E-state index contributed by atoms with van der Waals surface area (Å²) in [5, 5.41) is 2.32. The maximum atomic E-state index is 13.4. The Labute approximate surface area is 267 Å². The molecule has 8 nitrogen and oxygen atoms in total. The van der Waals surface area contributed by atoms with Crippen molar-refractivity contribution in [3.05, 3.63) is 37.0 Å². The first-order valence-corrected chi connectivity index (χ1v) is 19.0. The highest BCUT2D eigenvalue weighted by Crippen LogP contribution is 2.39. The van der Waals surface area contributed by atoms with Gasteiger partial charge < -0.3 is 13.9 Å². The van der Waals surface area contributed by atoms with Crippen LogP contribution in [-0.2, 0) is 33.1 Å². The van der Waals surface area contributed by atoms with Gasteiger partial charge >= 0.3 is 5.97 Å². The van der Waals surface area contributed by atoms with Gasteiger partial charge in [0.15, 0.2) is 8.32 Å². The molecule has 2 amide bonds. The lowest BCUT2D eigenvalue weighted by molar-refractivity contribution is -0.151. The second-order valence-electron chi connectivity index (χ2n) is 13.9. The molecule has 0 radical (unpaired) electrons. The Morgan fingerprint density at radius 2 is 1.66 bits per heavy atom. The van der Waals surface area contributed by atoms with E-state index in [-0.39, 0.29) is 65.5 Å². The first-order valence-electron chi connectivity index (χ1n) is 16.1. The number of ketones is 1. The number of imide groups is 1. The highest BCUT2D eigenvalue weighted by atomic mass is 28.4. The number of hydrogen-bond acceptors (Lipinski definition) is 7. The van der Waals surface area contributed by atoms with E-state index in [4.69, 9.17) is 13.9 Å². The standard InChI is InChI=1S/C35H59NO7Si/c1-12-14-15-16-20-32(40)42-33(26(5)28(37)19-17-18-27-22-30(38)36-31(39)23-27)24(3)21-25(4)34(29(13-2)41-9)43-44(10,11)35(6,7)8/h12-13,21,25-27,29,33-34H,1-2,14-20,22-23H2,3-11H3,(H,36,38,39)/b24-21-/t25-,26-,29+,33?,34+/m1/s1. The van der Waals surface area contributed by atoms with Gasteiger partial charge in [0, 0.05) is 38.7 Å². The summed E-state index contributed by atoms with van der Waals surface area (Å²) < 4.78 is 18.6. The molecule has 1 fully saturated rings. The summed E-state index contributed by atoms with van der Waals surface area (Å²) in [6, 6.07) is 0. The van der Waals surface area contributed by atoms with Gasteiger partial charge in [-0.1, -0.05) is 52.8 Å². The smallest absolute Gasteiger partial charge is 0.306 e. The number of methoxy groups -OCH3 is 1. The number of esters is 1. The Morgan fingerprint density at radius 1 is 1.05 bits per heavy atom. The lowest BCUT2D eigenvalue weighted by Crippen LogP contribution is -2.49. The van der Waals surface area contributed by atoms with Crippen LogP contribution in [0.1, 0.15) is 99.3 Å². The topological polar surface area (TPSA) is 108 Å². The molecule has 0 bridgehead atoms. The average Bonchev–Trinajstić information content (AvgIpc) is 2.92. The fourth-order valence-electron chi connectivity index (χ4n) is 5.33. The van der Waals surface area contributed by atoms with Gasteiger partial charge in [-0.15, -0.1) is 13.2 Å². The van der Waals surface area contributed by atoms with E-state index in [0.717, 1.165) is 18.4 Å². The molecule has 0 aromatic heterocycles. The molecule has 0 aromatic rings. The molecule has 1 heterocycles. The normalized spacial score (nSPS) is 18.5. The zero-order valence-electron chi connectivity index (χ0n) is 28.8. The van der Waals surface area contributed by atoms with E-state index in [1.807, 2.05) is 26.0 Å². The minimum absolute atomic E-state index is 0.0114. The molecule has 1 aliphatic rings. The quantitative estimate of drug-likeness (QED) is 0.0495. The van der Waals surface area contributed by atoms with E-state index in [2.05, 4.69) is 59.3 Å². The summed E-state index contributed by atoms with van der Waals surface area (Å²) in [6.45, 7) is 24.4. The third-order valence-corrected chi connectivity index (χ3v) is 13.6. The molecule has 1 aliphatic heterocycles. The SMILES string of the molecule is C=CCCCCC(=O)OC(/C(C)=C\[C@@H](C)[C@H](O[Si](C)(C)C(C)(C)C)[C@H](C=C)OC)[C@H](C)C(=O)CCCC1CC(=O)NC(=O)C1. The Balaban J connectivity index is 3.19. The number of piperidine rings is 1. The number of rotatable bonds is 20. The summed E-state index contributed by atoms with van der Waals surface area (Å²) >= 11 is 0. The van der Waals surface area contributed by atoms with Gasteiger partial charge in [-0.2, -0.15) is 0 Å². The fourth-order valence-corrected chi connectivity index (χ4v) is 6.71. The molecule has 0 saturated carbocycles. The van der Waals surface area contributed by atoms with Crippen molar-refractivity contribution in [3.8, 4) is 0 Å². The van der Waals surface area contributed by atoms with Crippen molar-refractivity contribution in [1.29, 1.82) is 0 Å². The lowest BCUT2D eigenvalue weighted by atomic mass is 9.86. The average molecular weight is 634 g/mol. The minimum atomic E-state index is -2.18. The van der Waals surface area contributed by atoms with Gasteiger partial charge in [0.1, 0.15) is 18.0 Å². The molecule has 250 valence electrons. The highest BCUT2D eigenvalue weighted by molar-refractivity contribution is 6.74. The molecule has 0 aliphatic carbocycles. The maximum Gasteiger partial charge on any atom is 0.306 e. The largest absolute Gasteiger partial charge is 0.457 e. The van der Waals surface area contributed by atoms with E-state index in [1.165, 1.54) is 0 Å².